The fourth-order valence-electron chi connectivity index (χ4n) is 2.16. The van der Waals surface area contributed by atoms with Crippen LogP contribution in [-0.2, 0) is 0 Å². The van der Waals surface area contributed by atoms with Gasteiger partial charge in [-0.1, -0.05) is 0 Å². The lowest BCUT2D eigenvalue weighted by atomic mass is 10.2. The molecule has 0 aromatic carbocycles. The first-order valence-corrected chi connectivity index (χ1v) is 6.78. The number of hydrogen-bond acceptors (Lipinski definition) is 4. The van der Waals surface area contributed by atoms with Crippen molar-refractivity contribution in [2.24, 2.45) is 0 Å². The van der Waals surface area contributed by atoms with Crippen molar-refractivity contribution >= 4 is 38.9 Å². The summed E-state index contributed by atoms with van der Waals surface area (Å²) in [6.45, 7) is 4.40. The molecule has 1 aromatic rings. The van der Waals surface area contributed by atoms with Gasteiger partial charge < -0.3 is 15.0 Å². The molecule has 1 atom stereocenters. The zero-order valence-corrected chi connectivity index (χ0v) is 11.2. The van der Waals surface area contributed by atoms with Crippen molar-refractivity contribution in [2.75, 3.05) is 24.6 Å². The van der Waals surface area contributed by atoms with Gasteiger partial charge in [0.25, 0.3) is 5.91 Å². The molecule has 1 N–H and O–H groups in total. The Morgan fingerprint density at radius 3 is 3.25 bits per heavy atom. The number of hydrogen-bond donors (Lipinski definition) is 1. The topological polar surface area (TPSA) is 41.6 Å². The van der Waals surface area contributed by atoms with Crippen LogP contribution in [0.4, 0.5) is 5.69 Å². The molecule has 4 nitrogen and oxygen atoms in total. The lowest BCUT2D eigenvalue weighted by molar-refractivity contribution is 0.0949. The minimum atomic E-state index is 0.00690. The number of ether oxygens (including phenoxy) is 1. The molecule has 1 amide bonds. The van der Waals surface area contributed by atoms with Crippen LogP contribution in [0.1, 0.15) is 16.6 Å². The number of nitrogens with zero attached hydrogens (tertiary/aromatic N) is 1. The highest BCUT2D eigenvalue weighted by Crippen LogP contribution is 2.48. The summed E-state index contributed by atoms with van der Waals surface area (Å²) in [4.78, 5) is 15.0. The number of amides is 1. The molecule has 0 saturated heterocycles. The molecule has 0 fully saturated rings. The molecule has 0 saturated carbocycles. The van der Waals surface area contributed by atoms with Gasteiger partial charge in [0, 0.05) is 12.6 Å². The first-order valence-electron chi connectivity index (χ1n) is 5.17. The Morgan fingerprint density at radius 1 is 1.62 bits per heavy atom. The van der Waals surface area contributed by atoms with Crippen LogP contribution in [0.3, 0.4) is 0 Å². The van der Waals surface area contributed by atoms with Crippen molar-refractivity contribution in [3.8, 4) is 5.75 Å². The highest BCUT2D eigenvalue weighted by atomic mass is 79.9. The molecule has 3 heterocycles. The van der Waals surface area contributed by atoms with Gasteiger partial charge in [-0.2, -0.15) is 0 Å². The Morgan fingerprint density at radius 2 is 2.44 bits per heavy atom. The molecule has 86 valence electrons. The molecule has 2 aliphatic rings. The van der Waals surface area contributed by atoms with Gasteiger partial charge in [0.15, 0.2) is 5.75 Å². The minimum absolute atomic E-state index is 0.00690. The smallest absolute Gasteiger partial charge is 0.263 e. The van der Waals surface area contributed by atoms with Crippen LogP contribution in [0.2, 0.25) is 0 Å². The molecule has 6 heteroatoms. The number of carbonyl (C=O) groups is 1. The maximum Gasteiger partial charge on any atom is 0.263 e. The maximum absolute atomic E-state index is 12.0. The zero-order chi connectivity index (χ0) is 11.3. The van der Waals surface area contributed by atoms with Crippen molar-refractivity contribution in [1.29, 1.82) is 0 Å². The Kier molecular flexibility index (Phi) is 2.36. The van der Waals surface area contributed by atoms with Gasteiger partial charge in [-0.05, 0) is 22.9 Å². The van der Waals surface area contributed by atoms with Gasteiger partial charge in [0.2, 0.25) is 0 Å². The van der Waals surface area contributed by atoms with Gasteiger partial charge in [0.05, 0.1) is 6.54 Å². The molecule has 0 unspecified atom stereocenters. The second-order valence-electron chi connectivity index (χ2n) is 4.05. The third kappa shape index (κ3) is 1.43. The number of anilines is 1. The van der Waals surface area contributed by atoms with E-state index in [1.54, 1.807) is 0 Å². The summed E-state index contributed by atoms with van der Waals surface area (Å²) in [5.41, 5.74) is 0.963. The van der Waals surface area contributed by atoms with E-state index in [0.717, 1.165) is 33.2 Å². The highest BCUT2D eigenvalue weighted by Gasteiger charge is 2.33. The molecule has 1 aromatic heterocycles. The van der Waals surface area contributed by atoms with Gasteiger partial charge in [-0.15, -0.1) is 11.3 Å². The van der Waals surface area contributed by atoms with Crippen molar-refractivity contribution in [1.82, 2.24) is 5.32 Å². The number of halogens is 1. The molecule has 0 spiro atoms. The fraction of sp³-hybridized carbons (Fsp3) is 0.500. The van der Waals surface area contributed by atoms with E-state index in [9.17, 15) is 4.79 Å². The van der Waals surface area contributed by atoms with Crippen molar-refractivity contribution in [2.45, 2.75) is 13.0 Å². The van der Waals surface area contributed by atoms with E-state index in [2.05, 4.69) is 26.1 Å². The van der Waals surface area contributed by atoms with Gasteiger partial charge in [-0.3, -0.25) is 4.79 Å². The second kappa shape index (κ2) is 3.63. The van der Waals surface area contributed by atoms with Crippen molar-refractivity contribution < 1.29 is 9.53 Å². The first-order chi connectivity index (χ1) is 7.66. The standard InChI is InChI=1S/C10H11BrN2O2S/c1-5-4-13-2-3-15-7-6(13)8(10(14)12-5)16-9(7)11/h5H,2-4H2,1H3,(H,12,14)/t5-/m0/s1. The molecular weight excluding hydrogens is 292 g/mol. The molecular formula is C10H11BrN2O2S. The minimum Gasteiger partial charge on any atom is -0.487 e. The second-order valence-corrected chi connectivity index (χ2v) is 6.39. The summed E-state index contributed by atoms with van der Waals surface area (Å²) >= 11 is 4.90. The van der Waals surface area contributed by atoms with E-state index < -0.39 is 0 Å². The largest absolute Gasteiger partial charge is 0.487 e. The average molecular weight is 303 g/mol. The Bertz CT molecular complexity index is 460. The van der Waals surface area contributed by atoms with Gasteiger partial charge in [0.1, 0.15) is 21.0 Å². The van der Waals surface area contributed by atoms with Crippen LogP contribution >= 0.6 is 27.3 Å². The van der Waals surface area contributed by atoms with E-state index in [1.165, 1.54) is 11.3 Å². The summed E-state index contributed by atoms with van der Waals surface area (Å²) in [5.74, 6) is 0.836. The third-order valence-electron chi connectivity index (χ3n) is 2.80. The number of nitrogens with one attached hydrogen (secondary N) is 1. The van der Waals surface area contributed by atoms with E-state index in [4.69, 9.17) is 4.74 Å². The maximum atomic E-state index is 12.0. The van der Waals surface area contributed by atoms with E-state index in [1.807, 2.05) is 6.92 Å². The normalized spacial score (nSPS) is 23.2. The highest BCUT2D eigenvalue weighted by molar-refractivity contribution is 9.11. The summed E-state index contributed by atoms with van der Waals surface area (Å²) in [6, 6.07) is 0.178. The average Bonchev–Trinajstić information content (AvgIpc) is 2.51. The van der Waals surface area contributed by atoms with Gasteiger partial charge >= 0.3 is 0 Å². The zero-order valence-electron chi connectivity index (χ0n) is 8.75. The van der Waals surface area contributed by atoms with Crippen LogP contribution in [0.15, 0.2) is 3.79 Å². The number of carbonyl (C=O) groups excluding carboxylic acids is 1. The van der Waals surface area contributed by atoms with Crippen molar-refractivity contribution in [3.05, 3.63) is 8.66 Å². The predicted octanol–water partition coefficient (Wildman–Crippen LogP) is 1.84. The van der Waals surface area contributed by atoms with E-state index >= 15 is 0 Å². The quantitative estimate of drug-likeness (QED) is 0.795. The Hall–Kier alpha value is -0.750. The SMILES string of the molecule is C[C@H]1CN2CCOc3c(Br)sc(c32)C(=O)N1. The summed E-state index contributed by atoms with van der Waals surface area (Å²) in [7, 11) is 0. The number of thiophene rings is 1. The Labute approximate surface area is 106 Å². The molecule has 0 bridgehead atoms. The summed E-state index contributed by atoms with van der Waals surface area (Å²) in [6.07, 6.45) is 0. The molecule has 0 radical (unpaired) electrons. The molecule has 2 aliphatic heterocycles. The van der Waals surface area contributed by atoms with Gasteiger partial charge in [-0.25, -0.2) is 0 Å². The predicted molar refractivity (Wildman–Crippen MR) is 66.7 cm³/mol. The van der Waals surface area contributed by atoms with Crippen LogP contribution in [0, 0.1) is 0 Å². The van der Waals surface area contributed by atoms with Crippen LogP contribution in [0.25, 0.3) is 0 Å². The molecule has 3 rings (SSSR count). The number of rotatable bonds is 0. The monoisotopic (exact) mass is 302 g/mol. The lowest BCUT2D eigenvalue weighted by Gasteiger charge is -2.29. The third-order valence-corrected chi connectivity index (χ3v) is 4.60. The van der Waals surface area contributed by atoms with E-state index in [0.29, 0.717) is 6.61 Å². The summed E-state index contributed by atoms with van der Waals surface area (Å²) < 4.78 is 6.53. The molecule has 16 heavy (non-hydrogen) atoms. The summed E-state index contributed by atoms with van der Waals surface area (Å²) in [5, 5.41) is 2.98. The van der Waals surface area contributed by atoms with Crippen molar-refractivity contribution in [3.63, 3.8) is 0 Å². The first kappa shape index (κ1) is 10.4. The molecule has 0 aliphatic carbocycles. The van der Waals surface area contributed by atoms with Crippen LogP contribution in [0.5, 0.6) is 5.75 Å². The Balaban J connectivity index is 2.17. The van der Waals surface area contributed by atoms with Crippen LogP contribution in [-0.4, -0.2) is 31.6 Å². The lowest BCUT2D eigenvalue weighted by Crippen LogP contribution is -2.41. The van der Waals surface area contributed by atoms with Crippen LogP contribution < -0.4 is 15.0 Å². The van der Waals surface area contributed by atoms with E-state index in [-0.39, 0.29) is 11.9 Å². The fourth-order valence-corrected chi connectivity index (χ4v) is 3.85.